The van der Waals surface area contributed by atoms with Crippen molar-refractivity contribution in [3.63, 3.8) is 0 Å². The van der Waals surface area contributed by atoms with E-state index in [0.717, 1.165) is 22.6 Å². The Kier molecular flexibility index (Phi) is 3.54. The van der Waals surface area contributed by atoms with Gasteiger partial charge in [0.2, 0.25) is 0 Å². The van der Waals surface area contributed by atoms with Crippen molar-refractivity contribution in [1.29, 1.82) is 0 Å². The number of nitrogens with zero attached hydrogens (tertiary/aromatic N) is 1. The molecule has 0 saturated carbocycles. The molecule has 1 aromatic carbocycles. The highest BCUT2D eigenvalue weighted by Crippen LogP contribution is 2.23. The van der Waals surface area contributed by atoms with E-state index in [4.69, 9.17) is 17.0 Å². The van der Waals surface area contributed by atoms with Gasteiger partial charge >= 0.3 is 0 Å². The third-order valence-corrected chi connectivity index (χ3v) is 2.95. The third-order valence-electron chi connectivity index (χ3n) is 2.54. The molecule has 0 aliphatic rings. The first kappa shape index (κ1) is 11.8. The molecule has 0 unspecified atom stereocenters. The zero-order valence-corrected chi connectivity index (χ0v) is 10.7. The van der Waals surface area contributed by atoms with Crippen LogP contribution in [0.4, 0.5) is 0 Å². The lowest BCUT2D eigenvalue weighted by Crippen LogP contribution is -1.93. The van der Waals surface area contributed by atoms with Gasteiger partial charge in [0.05, 0.1) is 18.6 Å². The normalized spacial score (nSPS) is 10.2. The van der Waals surface area contributed by atoms with E-state index in [1.807, 2.05) is 38.1 Å². The molecule has 0 aliphatic heterocycles. The molecule has 17 heavy (non-hydrogen) atoms. The highest BCUT2D eigenvalue weighted by molar-refractivity contribution is 7.71. The van der Waals surface area contributed by atoms with Gasteiger partial charge in [-0.15, -0.1) is 0 Å². The predicted molar refractivity (Wildman–Crippen MR) is 70.8 cm³/mol. The Bertz CT molecular complexity index is 560. The molecule has 0 spiro atoms. The Hall–Kier alpha value is -1.68. The minimum Gasteiger partial charge on any atom is -0.494 e. The van der Waals surface area contributed by atoms with Crippen LogP contribution in [0.3, 0.4) is 0 Å². The Morgan fingerprint density at radius 2 is 2.00 bits per heavy atom. The SMILES string of the molecule is CCOc1ccc(-c2[nH]cnc(=S)c2C)cc1. The van der Waals surface area contributed by atoms with Gasteiger partial charge in [-0.05, 0) is 43.7 Å². The highest BCUT2D eigenvalue weighted by atomic mass is 32.1. The summed E-state index contributed by atoms with van der Waals surface area (Å²) < 4.78 is 6.04. The van der Waals surface area contributed by atoms with Crippen LogP contribution in [0.5, 0.6) is 5.75 Å². The zero-order chi connectivity index (χ0) is 12.3. The van der Waals surface area contributed by atoms with Crippen molar-refractivity contribution < 1.29 is 4.74 Å². The first-order valence-corrected chi connectivity index (χ1v) is 5.90. The molecule has 2 rings (SSSR count). The van der Waals surface area contributed by atoms with Gasteiger partial charge in [0.25, 0.3) is 0 Å². The van der Waals surface area contributed by atoms with E-state index in [0.29, 0.717) is 11.2 Å². The molecule has 1 aromatic heterocycles. The number of ether oxygens (including phenoxy) is 1. The van der Waals surface area contributed by atoms with Crippen LogP contribution < -0.4 is 4.74 Å². The summed E-state index contributed by atoms with van der Waals surface area (Å²) in [6, 6.07) is 7.93. The molecule has 88 valence electrons. The standard InChI is InChI=1S/C13H14N2OS/c1-3-16-11-6-4-10(5-7-11)12-9(2)13(17)15-8-14-12/h4-8H,3H2,1-2H3,(H,14,15,17). The Labute approximate surface area is 105 Å². The minimum absolute atomic E-state index is 0.632. The quantitative estimate of drug-likeness (QED) is 0.842. The van der Waals surface area contributed by atoms with Crippen LogP contribution in [0.15, 0.2) is 30.6 Å². The van der Waals surface area contributed by atoms with Gasteiger partial charge in [-0.3, -0.25) is 0 Å². The fraction of sp³-hybridized carbons (Fsp3) is 0.231. The molecule has 0 saturated heterocycles. The second-order valence-electron chi connectivity index (χ2n) is 3.67. The van der Waals surface area contributed by atoms with Gasteiger partial charge in [-0.25, -0.2) is 4.98 Å². The summed E-state index contributed by atoms with van der Waals surface area (Å²) in [5.41, 5.74) is 3.08. The van der Waals surface area contributed by atoms with E-state index in [9.17, 15) is 0 Å². The largest absolute Gasteiger partial charge is 0.494 e. The van der Waals surface area contributed by atoms with Crippen molar-refractivity contribution in [2.45, 2.75) is 13.8 Å². The van der Waals surface area contributed by atoms with Crippen LogP contribution in [0.1, 0.15) is 12.5 Å². The van der Waals surface area contributed by atoms with Crippen LogP contribution in [0, 0.1) is 11.6 Å². The maximum Gasteiger partial charge on any atom is 0.132 e. The van der Waals surface area contributed by atoms with Gasteiger partial charge in [-0.2, -0.15) is 0 Å². The second kappa shape index (κ2) is 5.10. The fourth-order valence-electron chi connectivity index (χ4n) is 1.65. The lowest BCUT2D eigenvalue weighted by atomic mass is 10.1. The lowest BCUT2D eigenvalue weighted by Gasteiger charge is -2.07. The van der Waals surface area contributed by atoms with E-state index >= 15 is 0 Å². The Morgan fingerprint density at radius 3 is 2.65 bits per heavy atom. The first-order chi connectivity index (χ1) is 8.22. The smallest absolute Gasteiger partial charge is 0.132 e. The van der Waals surface area contributed by atoms with Crippen molar-refractivity contribution in [3.8, 4) is 17.0 Å². The van der Waals surface area contributed by atoms with Crippen molar-refractivity contribution in [1.82, 2.24) is 9.97 Å². The highest BCUT2D eigenvalue weighted by Gasteiger charge is 2.03. The number of rotatable bonds is 3. The molecule has 1 N–H and O–H groups in total. The molecular formula is C13H14N2OS. The number of hydrogen-bond donors (Lipinski definition) is 1. The monoisotopic (exact) mass is 246 g/mol. The van der Waals surface area contributed by atoms with Crippen LogP contribution >= 0.6 is 12.2 Å². The van der Waals surface area contributed by atoms with Gasteiger partial charge in [0.1, 0.15) is 10.4 Å². The molecule has 3 nitrogen and oxygen atoms in total. The molecule has 0 fully saturated rings. The number of nitrogens with one attached hydrogen (secondary N) is 1. The van der Waals surface area contributed by atoms with E-state index in [2.05, 4.69) is 9.97 Å². The lowest BCUT2D eigenvalue weighted by molar-refractivity contribution is 0.340. The third kappa shape index (κ3) is 2.53. The van der Waals surface area contributed by atoms with E-state index in [1.54, 1.807) is 6.33 Å². The van der Waals surface area contributed by atoms with Gasteiger partial charge in [0, 0.05) is 5.56 Å². The van der Waals surface area contributed by atoms with Gasteiger partial charge in [-0.1, -0.05) is 12.2 Å². The van der Waals surface area contributed by atoms with Gasteiger partial charge < -0.3 is 9.72 Å². The molecule has 0 amide bonds. The maximum atomic E-state index is 5.41. The molecule has 2 aromatic rings. The van der Waals surface area contributed by atoms with Crippen LogP contribution in [-0.4, -0.2) is 16.6 Å². The number of H-pyrrole nitrogens is 1. The fourth-order valence-corrected chi connectivity index (χ4v) is 1.81. The van der Waals surface area contributed by atoms with Gasteiger partial charge in [0.15, 0.2) is 0 Å². The summed E-state index contributed by atoms with van der Waals surface area (Å²) in [6.07, 6.45) is 1.63. The van der Waals surface area contributed by atoms with E-state index in [1.165, 1.54) is 0 Å². The van der Waals surface area contributed by atoms with Crippen LogP contribution in [0.2, 0.25) is 0 Å². The summed E-state index contributed by atoms with van der Waals surface area (Å²) >= 11 is 5.15. The Balaban J connectivity index is 2.40. The molecule has 4 heteroatoms. The van der Waals surface area contributed by atoms with E-state index in [-0.39, 0.29) is 0 Å². The summed E-state index contributed by atoms with van der Waals surface area (Å²) in [4.78, 5) is 7.17. The summed E-state index contributed by atoms with van der Waals surface area (Å²) in [5, 5.41) is 0. The number of aromatic amines is 1. The minimum atomic E-state index is 0.632. The molecule has 0 atom stereocenters. The average Bonchev–Trinajstić information content (AvgIpc) is 2.34. The van der Waals surface area contributed by atoms with Crippen molar-refractivity contribution in [2.75, 3.05) is 6.61 Å². The molecule has 1 heterocycles. The molecular weight excluding hydrogens is 232 g/mol. The number of aromatic nitrogens is 2. The summed E-state index contributed by atoms with van der Waals surface area (Å²) in [6.45, 7) is 4.62. The van der Waals surface area contributed by atoms with Crippen molar-refractivity contribution in [3.05, 3.63) is 40.8 Å². The Morgan fingerprint density at radius 1 is 1.29 bits per heavy atom. The van der Waals surface area contributed by atoms with Crippen molar-refractivity contribution in [2.24, 2.45) is 0 Å². The first-order valence-electron chi connectivity index (χ1n) is 5.50. The van der Waals surface area contributed by atoms with Crippen LogP contribution in [0.25, 0.3) is 11.3 Å². The molecule has 0 bridgehead atoms. The van der Waals surface area contributed by atoms with Crippen LogP contribution in [-0.2, 0) is 0 Å². The van der Waals surface area contributed by atoms with Crippen molar-refractivity contribution >= 4 is 12.2 Å². The topological polar surface area (TPSA) is 37.9 Å². The molecule has 0 radical (unpaired) electrons. The summed E-state index contributed by atoms with van der Waals surface area (Å²) in [7, 11) is 0. The number of hydrogen-bond acceptors (Lipinski definition) is 3. The maximum absolute atomic E-state index is 5.41. The van der Waals surface area contributed by atoms with E-state index < -0.39 is 0 Å². The summed E-state index contributed by atoms with van der Waals surface area (Å²) in [5.74, 6) is 0.876. The number of benzene rings is 1. The zero-order valence-electron chi connectivity index (χ0n) is 9.86. The predicted octanol–water partition coefficient (Wildman–Crippen LogP) is 3.51. The average molecular weight is 246 g/mol. The second-order valence-corrected chi connectivity index (χ2v) is 4.05. The molecule has 0 aliphatic carbocycles.